The van der Waals surface area contributed by atoms with Crippen LogP contribution in [0.4, 0.5) is 5.82 Å². The van der Waals surface area contributed by atoms with E-state index in [1.54, 1.807) is 44.3 Å². The Morgan fingerprint density at radius 3 is 2.53 bits per heavy atom. The lowest BCUT2D eigenvalue weighted by Gasteiger charge is -2.13. The Labute approximate surface area is 112 Å². The van der Waals surface area contributed by atoms with E-state index in [0.717, 1.165) is 0 Å². The monoisotopic (exact) mass is 280 g/mol. The van der Waals surface area contributed by atoms with Crippen LogP contribution in [0.25, 0.3) is 5.69 Å². The van der Waals surface area contributed by atoms with Crippen LogP contribution in [0.5, 0.6) is 0 Å². The van der Waals surface area contributed by atoms with E-state index in [4.69, 9.17) is 5.73 Å². The van der Waals surface area contributed by atoms with Crippen molar-refractivity contribution in [2.45, 2.75) is 24.8 Å². The Kier molecular flexibility index (Phi) is 3.59. The molecule has 0 unspecified atom stereocenters. The number of hydrogen-bond acceptors (Lipinski definition) is 4. The van der Waals surface area contributed by atoms with Crippen molar-refractivity contribution in [2.24, 2.45) is 0 Å². The van der Waals surface area contributed by atoms with Crippen molar-refractivity contribution in [3.8, 4) is 5.69 Å². The standard InChI is InChI=1S/C12H16N4O2S/c1-9(2)15-19(17,18)11-6-4-3-5-10(11)16-8-7-12(13)14-16/h3-9,15H,1-2H3,(H2,13,14). The van der Waals surface area contributed by atoms with E-state index in [9.17, 15) is 8.42 Å². The van der Waals surface area contributed by atoms with E-state index in [0.29, 0.717) is 11.5 Å². The molecule has 2 aromatic rings. The van der Waals surface area contributed by atoms with E-state index >= 15 is 0 Å². The molecule has 0 aliphatic heterocycles. The van der Waals surface area contributed by atoms with Crippen LogP contribution >= 0.6 is 0 Å². The first-order chi connectivity index (χ1) is 8.90. The number of hydrogen-bond donors (Lipinski definition) is 2. The first kappa shape index (κ1) is 13.6. The van der Waals surface area contributed by atoms with Gasteiger partial charge in [-0.05, 0) is 26.0 Å². The molecule has 1 aromatic carbocycles. The maximum absolute atomic E-state index is 12.3. The molecule has 0 aliphatic rings. The fourth-order valence-electron chi connectivity index (χ4n) is 1.72. The molecule has 0 bridgehead atoms. The number of sulfonamides is 1. The molecule has 7 heteroatoms. The Balaban J connectivity index is 2.54. The van der Waals surface area contributed by atoms with Crippen molar-refractivity contribution in [1.82, 2.24) is 14.5 Å². The van der Waals surface area contributed by atoms with Crippen molar-refractivity contribution >= 4 is 15.8 Å². The summed E-state index contributed by atoms with van der Waals surface area (Å²) in [7, 11) is -3.58. The van der Waals surface area contributed by atoms with Crippen molar-refractivity contribution in [1.29, 1.82) is 0 Å². The molecule has 0 atom stereocenters. The molecule has 6 nitrogen and oxygen atoms in total. The summed E-state index contributed by atoms with van der Waals surface area (Å²) in [6, 6.07) is 8.08. The Morgan fingerprint density at radius 2 is 1.95 bits per heavy atom. The number of benzene rings is 1. The molecular weight excluding hydrogens is 264 g/mol. The predicted octanol–water partition coefficient (Wildman–Crippen LogP) is 1.14. The fraction of sp³-hybridized carbons (Fsp3) is 0.250. The van der Waals surface area contributed by atoms with E-state index in [-0.39, 0.29) is 10.9 Å². The van der Waals surface area contributed by atoms with E-state index in [2.05, 4.69) is 9.82 Å². The summed E-state index contributed by atoms with van der Waals surface area (Å²) in [5.74, 6) is 0.337. The molecule has 0 aliphatic carbocycles. The summed E-state index contributed by atoms with van der Waals surface area (Å²) >= 11 is 0. The molecule has 0 amide bonds. The predicted molar refractivity (Wildman–Crippen MR) is 73.4 cm³/mol. The topological polar surface area (TPSA) is 90.0 Å². The lowest BCUT2D eigenvalue weighted by atomic mass is 10.3. The molecule has 3 N–H and O–H groups in total. The second-order valence-corrected chi connectivity index (χ2v) is 6.11. The van der Waals surface area contributed by atoms with Gasteiger partial charge in [0.1, 0.15) is 10.7 Å². The van der Waals surface area contributed by atoms with Crippen molar-refractivity contribution in [2.75, 3.05) is 5.73 Å². The minimum Gasteiger partial charge on any atom is -0.382 e. The van der Waals surface area contributed by atoms with E-state index in [1.165, 1.54) is 10.7 Å². The number of nitrogens with zero attached hydrogens (tertiary/aromatic N) is 2. The summed E-state index contributed by atoms with van der Waals surface area (Å²) < 4.78 is 28.5. The number of aromatic nitrogens is 2. The summed E-state index contributed by atoms with van der Waals surface area (Å²) in [4.78, 5) is 0.173. The highest BCUT2D eigenvalue weighted by molar-refractivity contribution is 7.89. The van der Waals surface area contributed by atoms with Crippen LogP contribution in [0.15, 0.2) is 41.4 Å². The minimum atomic E-state index is -3.58. The fourth-order valence-corrected chi connectivity index (χ4v) is 3.16. The number of nitrogen functional groups attached to an aromatic ring is 1. The van der Waals surface area contributed by atoms with Gasteiger partial charge in [-0.3, -0.25) is 0 Å². The number of para-hydroxylation sites is 1. The second-order valence-electron chi connectivity index (χ2n) is 4.43. The van der Waals surface area contributed by atoms with Crippen molar-refractivity contribution in [3.63, 3.8) is 0 Å². The minimum absolute atomic E-state index is 0.173. The zero-order valence-electron chi connectivity index (χ0n) is 10.7. The van der Waals surface area contributed by atoms with Crippen LogP contribution < -0.4 is 10.5 Å². The molecule has 19 heavy (non-hydrogen) atoms. The molecule has 1 aromatic heterocycles. The van der Waals surface area contributed by atoms with E-state index < -0.39 is 10.0 Å². The van der Waals surface area contributed by atoms with Gasteiger partial charge >= 0.3 is 0 Å². The van der Waals surface area contributed by atoms with Gasteiger partial charge in [0, 0.05) is 18.3 Å². The lowest BCUT2D eigenvalue weighted by Crippen LogP contribution is -2.31. The average Bonchev–Trinajstić information content (AvgIpc) is 2.74. The van der Waals surface area contributed by atoms with Gasteiger partial charge in [-0.15, -0.1) is 0 Å². The SMILES string of the molecule is CC(C)NS(=O)(=O)c1ccccc1-n1ccc(N)n1. The molecule has 0 fully saturated rings. The highest BCUT2D eigenvalue weighted by Gasteiger charge is 2.20. The third kappa shape index (κ3) is 2.94. The normalized spacial score (nSPS) is 11.9. The van der Waals surface area contributed by atoms with Gasteiger partial charge in [0.15, 0.2) is 0 Å². The largest absolute Gasteiger partial charge is 0.382 e. The van der Waals surface area contributed by atoms with Gasteiger partial charge in [0.05, 0.1) is 5.69 Å². The quantitative estimate of drug-likeness (QED) is 0.878. The lowest BCUT2D eigenvalue weighted by molar-refractivity contribution is 0.569. The van der Waals surface area contributed by atoms with Gasteiger partial charge in [0.25, 0.3) is 0 Å². The summed E-state index contributed by atoms with van der Waals surface area (Å²) in [6.07, 6.45) is 1.62. The number of nitrogens with one attached hydrogen (secondary N) is 1. The number of rotatable bonds is 4. The average molecular weight is 280 g/mol. The van der Waals surface area contributed by atoms with Crippen molar-refractivity contribution in [3.05, 3.63) is 36.5 Å². The first-order valence-corrected chi connectivity index (χ1v) is 7.31. The first-order valence-electron chi connectivity index (χ1n) is 5.83. The number of nitrogens with two attached hydrogens (primary N) is 1. The molecule has 0 saturated carbocycles. The highest BCUT2D eigenvalue weighted by atomic mass is 32.2. The molecule has 2 rings (SSSR count). The molecule has 0 radical (unpaired) electrons. The maximum Gasteiger partial charge on any atom is 0.242 e. The Bertz CT molecular complexity index is 677. The van der Waals surface area contributed by atoms with Crippen LogP contribution in [0.3, 0.4) is 0 Å². The van der Waals surface area contributed by atoms with Crippen LogP contribution in [0.2, 0.25) is 0 Å². The van der Waals surface area contributed by atoms with E-state index in [1.807, 2.05) is 0 Å². The van der Waals surface area contributed by atoms with Gasteiger partial charge in [-0.25, -0.2) is 17.8 Å². The van der Waals surface area contributed by atoms with Crippen molar-refractivity contribution < 1.29 is 8.42 Å². The van der Waals surface area contributed by atoms with Crippen LogP contribution in [0.1, 0.15) is 13.8 Å². The van der Waals surface area contributed by atoms with Gasteiger partial charge < -0.3 is 5.73 Å². The summed E-state index contributed by atoms with van der Waals surface area (Å²) in [6.45, 7) is 3.54. The molecule has 0 spiro atoms. The zero-order valence-corrected chi connectivity index (χ0v) is 11.6. The zero-order chi connectivity index (χ0) is 14.0. The van der Waals surface area contributed by atoms with Crippen LogP contribution in [0, 0.1) is 0 Å². The van der Waals surface area contributed by atoms with Crippen LogP contribution in [-0.4, -0.2) is 24.2 Å². The smallest absolute Gasteiger partial charge is 0.242 e. The third-order valence-electron chi connectivity index (χ3n) is 2.40. The molecule has 102 valence electrons. The highest BCUT2D eigenvalue weighted by Crippen LogP contribution is 2.19. The third-order valence-corrected chi connectivity index (χ3v) is 4.11. The molecular formula is C12H16N4O2S. The Morgan fingerprint density at radius 1 is 1.26 bits per heavy atom. The molecule has 1 heterocycles. The van der Waals surface area contributed by atoms with Crippen LogP contribution in [-0.2, 0) is 10.0 Å². The molecule has 0 saturated heterocycles. The van der Waals surface area contributed by atoms with Gasteiger partial charge in [-0.1, -0.05) is 12.1 Å². The summed E-state index contributed by atoms with van der Waals surface area (Å²) in [5.41, 5.74) is 6.02. The maximum atomic E-state index is 12.3. The summed E-state index contributed by atoms with van der Waals surface area (Å²) in [5, 5.41) is 4.04. The Hall–Kier alpha value is -1.86. The number of anilines is 1. The van der Waals surface area contributed by atoms with Gasteiger partial charge in [0.2, 0.25) is 10.0 Å². The second kappa shape index (κ2) is 5.02. The van der Waals surface area contributed by atoms with Gasteiger partial charge in [-0.2, -0.15) is 5.10 Å².